The number of aromatic nitrogens is 4. The van der Waals surface area contributed by atoms with E-state index in [0.29, 0.717) is 0 Å². The maximum atomic E-state index is 13.8. The number of pyridine rings is 1. The van der Waals surface area contributed by atoms with Crippen molar-refractivity contribution in [2.45, 2.75) is 37.4 Å². The highest BCUT2D eigenvalue weighted by molar-refractivity contribution is 6.29. The normalized spacial score (nSPS) is 17.7. The molecule has 0 saturated heterocycles. The van der Waals surface area contributed by atoms with Gasteiger partial charge in [-0.1, -0.05) is 11.6 Å². The molecule has 1 aliphatic heterocycles. The molecule has 0 bridgehead atoms. The second-order valence-corrected chi connectivity index (χ2v) is 8.50. The van der Waals surface area contributed by atoms with Crippen molar-refractivity contribution in [3.8, 4) is 0 Å². The number of halogens is 6. The third-order valence-corrected chi connectivity index (χ3v) is 5.81. The summed E-state index contributed by atoms with van der Waals surface area (Å²) >= 11 is 5.82. The number of carbonyl (C=O) groups is 2. The molecule has 0 radical (unpaired) electrons. The number of amides is 3. The maximum Gasteiger partial charge on any atom is 0.399 e. The molecule has 1 atom stereocenters. The fourth-order valence-electron chi connectivity index (χ4n) is 3.85. The van der Waals surface area contributed by atoms with Gasteiger partial charge in [0.15, 0.2) is 10.8 Å². The van der Waals surface area contributed by atoms with Gasteiger partial charge in [0.1, 0.15) is 11.6 Å². The molecule has 9 nitrogen and oxygen atoms in total. The van der Waals surface area contributed by atoms with E-state index >= 15 is 0 Å². The fraction of sp³-hybridized carbons (Fsp3) is 0.350. The Bertz CT molecular complexity index is 1340. The second kappa shape index (κ2) is 8.29. The number of nitrogens with one attached hydrogen (secondary N) is 2. The first-order valence-corrected chi connectivity index (χ1v) is 10.7. The van der Waals surface area contributed by atoms with Gasteiger partial charge in [0, 0.05) is 18.7 Å². The highest BCUT2D eigenvalue weighted by Gasteiger charge is 2.50. The number of carbonyl (C=O) groups excluding carboxylic acids is 2. The standard InChI is InChI=1S/C20H15ClF5N7O2/c21-13-4-14-27-6-12-16(33(14)31-13)11(20(24,25)26)7-32(12)19(35)30-9-3-10(17(22)23)15(28-5-9)18(34)29-8-1-2-8/h3-6,8,11,17H,1-2,7H2,(H,29,34)(H,30,35). The van der Waals surface area contributed by atoms with Crippen molar-refractivity contribution in [2.75, 3.05) is 16.8 Å². The largest absolute Gasteiger partial charge is 0.399 e. The third-order valence-electron chi connectivity index (χ3n) is 5.63. The molecule has 3 aromatic heterocycles. The van der Waals surface area contributed by atoms with Gasteiger partial charge in [-0.2, -0.15) is 18.3 Å². The van der Waals surface area contributed by atoms with Crippen LogP contribution in [0, 0.1) is 0 Å². The lowest BCUT2D eigenvalue weighted by Crippen LogP contribution is -2.36. The molecular weight excluding hydrogens is 501 g/mol. The van der Waals surface area contributed by atoms with Gasteiger partial charge in [0.2, 0.25) is 0 Å². The Morgan fingerprint density at radius 2 is 1.89 bits per heavy atom. The molecule has 2 N–H and O–H groups in total. The highest BCUT2D eigenvalue weighted by atomic mass is 35.5. The Balaban J connectivity index is 1.45. The van der Waals surface area contributed by atoms with E-state index in [1.54, 1.807) is 0 Å². The second-order valence-electron chi connectivity index (χ2n) is 8.11. The number of urea groups is 1. The molecule has 15 heteroatoms. The molecule has 2 aliphatic rings. The van der Waals surface area contributed by atoms with Crippen LogP contribution in [0.5, 0.6) is 0 Å². The zero-order valence-corrected chi connectivity index (χ0v) is 18.2. The Hall–Kier alpha value is -3.55. The van der Waals surface area contributed by atoms with Gasteiger partial charge in [-0.3, -0.25) is 9.69 Å². The number of hydrogen-bond acceptors (Lipinski definition) is 5. The third kappa shape index (κ3) is 4.33. The van der Waals surface area contributed by atoms with E-state index in [1.165, 1.54) is 6.07 Å². The summed E-state index contributed by atoms with van der Waals surface area (Å²) in [6.45, 7) is -0.792. The fourth-order valence-corrected chi connectivity index (χ4v) is 4.02. The van der Waals surface area contributed by atoms with Crippen LogP contribution in [0.15, 0.2) is 24.5 Å². The number of nitrogens with zero attached hydrogens (tertiary/aromatic N) is 5. The van der Waals surface area contributed by atoms with Crippen LogP contribution in [0.2, 0.25) is 5.15 Å². The lowest BCUT2D eigenvalue weighted by Gasteiger charge is -2.19. The van der Waals surface area contributed by atoms with Crippen LogP contribution in [0.3, 0.4) is 0 Å². The zero-order chi connectivity index (χ0) is 25.1. The predicted molar refractivity (Wildman–Crippen MR) is 113 cm³/mol. The van der Waals surface area contributed by atoms with Crippen LogP contribution in [0.1, 0.15) is 46.9 Å². The van der Waals surface area contributed by atoms with Crippen LogP contribution in [-0.2, 0) is 0 Å². The highest BCUT2D eigenvalue weighted by Crippen LogP contribution is 2.45. The number of hydrogen-bond donors (Lipinski definition) is 2. The Labute approximate surface area is 198 Å². The Morgan fingerprint density at radius 3 is 2.54 bits per heavy atom. The summed E-state index contributed by atoms with van der Waals surface area (Å²) in [4.78, 5) is 33.7. The lowest BCUT2D eigenvalue weighted by molar-refractivity contribution is -0.147. The summed E-state index contributed by atoms with van der Waals surface area (Å²) < 4.78 is 69.5. The zero-order valence-electron chi connectivity index (χ0n) is 17.5. The van der Waals surface area contributed by atoms with Gasteiger partial charge in [-0.05, 0) is 18.9 Å². The minimum atomic E-state index is -4.72. The van der Waals surface area contributed by atoms with Gasteiger partial charge in [-0.25, -0.2) is 28.1 Å². The molecule has 0 spiro atoms. The first-order chi connectivity index (χ1) is 16.5. The summed E-state index contributed by atoms with van der Waals surface area (Å²) in [6, 6.07) is 1.02. The van der Waals surface area contributed by atoms with Crippen molar-refractivity contribution in [3.05, 3.63) is 46.6 Å². The quantitative estimate of drug-likeness (QED) is 0.504. The molecule has 1 unspecified atom stereocenters. The number of rotatable bonds is 4. The van der Waals surface area contributed by atoms with Crippen molar-refractivity contribution in [1.82, 2.24) is 24.9 Å². The van der Waals surface area contributed by atoms with E-state index < -0.39 is 48.3 Å². The van der Waals surface area contributed by atoms with Crippen molar-refractivity contribution < 1.29 is 31.5 Å². The van der Waals surface area contributed by atoms with E-state index in [0.717, 1.165) is 40.7 Å². The van der Waals surface area contributed by atoms with E-state index in [1.807, 2.05) is 0 Å². The molecular formula is C20H15ClF5N7O2. The molecule has 5 rings (SSSR count). The van der Waals surface area contributed by atoms with Crippen LogP contribution in [0.25, 0.3) is 5.65 Å². The van der Waals surface area contributed by atoms with Gasteiger partial charge < -0.3 is 10.6 Å². The monoisotopic (exact) mass is 515 g/mol. The minimum absolute atomic E-state index is 0.0658. The van der Waals surface area contributed by atoms with Crippen LogP contribution in [0.4, 0.5) is 38.1 Å². The Morgan fingerprint density at radius 1 is 1.14 bits per heavy atom. The minimum Gasteiger partial charge on any atom is -0.348 e. The van der Waals surface area contributed by atoms with Crippen molar-refractivity contribution in [2.24, 2.45) is 0 Å². The van der Waals surface area contributed by atoms with E-state index in [2.05, 4.69) is 25.7 Å². The summed E-state index contributed by atoms with van der Waals surface area (Å²) in [7, 11) is 0. The first-order valence-electron chi connectivity index (χ1n) is 10.3. The maximum absolute atomic E-state index is 13.8. The van der Waals surface area contributed by atoms with Crippen molar-refractivity contribution in [3.63, 3.8) is 0 Å². The van der Waals surface area contributed by atoms with Gasteiger partial charge >= 0.3 is 12.2 Å². The number of anilines is 2. The molecule has 1 aliphatic carbocycles. The molecule has 1 saturated carbocycles. The molecule has 0 aromatic carbocycles. The van der Waals surface area contributed by atoms with Gasteiger partial charge in [-0.15, -0.1) is 0 Å². The summed E-state index contributed by atoms with van der Waals surface area (Å²) in [6.07, 6.45) is -4.25. The molecule has 4 heterocycles. The van der Waals surface area contributed by atoms with Gasteiger partial charge in [0.05, 0.1) is 35.0 Å². The van der Waals surface area contributed by atoms with Crippen LogP contribution < -0.4 is 15.5 Å². The van der Waals surface area contributed by atoms with E-state index in [4.69, 9.17) is 11.6 Å². The average molecular weight is 516 g/mol. The summed E-state index contributed by atoms with van der Waals surface area (Å²) in [5.41, 5.74) is -1.86. The SMILES string of the molecule is O=C(NC1CC1)c1ncc(NC(=O)N2CC(C(F)(F)F)c3c2cnc2cc(Cl)nn32)cc1C(F)F. The van der Waals surface area contributed by atoms with Crippen molar-refractivity contribution in [1.29, 1.82) is 0 Å². The van der Waals surface area contributed by atoms with Gasteiger partial charge in [0.25, 0.3) is 12.3 Å². The number of fused-ring (bicyclic) bond motifs is 3. The lowest BCUT2D eigenvalue weighted by atomic mass is 10.1. The molecule has 184 valence electrons. The predicted octanol–water partition coefficient (Wildman–Crippen LogP) is 4.31. The molecule has 1 fully saturated rings. The smallest absolute Gasteiger partial charge is 0.348 e. The van der Waals surface area contributed by atoms with Crippen LogP contribution >= 0.6 is 11.6 Å². The number of alkyl halides is 5. The summed E-state index contributed by atoms with van der Waals surface area (Å²) in [5, 5.41) is 8.59. The Kier molecular flexibility index (Phi) is 5.49. The first kappa shape index (κ1) is 23.2. The van der Waals surface area contributed by atoms with E-state index in [-0.39, 0.29) is 33.9 Å². The molecule has 35 heavy (non-hydrogen) atoms. The molecule has 3 amide bonds. The van der Waals surface area contributed by atoms with Crippen LogP contribution in [-0.4, -0.2) is 50.3 Å². The van der Waals surface area contributed by atoms with Crippen molar-refractivity contribution >= 4 is 40.6 Å². The summed E-state index contributed by atoms with van der Waals surface area (Å²) in [5.74, 6) is -2.86. The molecule has 3 aromatic rings. The average Bonchev–Trinajstić information content (AvgIpc) is 3.36. The van der Waals surface area contributed by atoms with E-state index in [9.17, 15) is 31.5 Å². The topological polar surface area (TPSA) is 105 Å².